The molecule has 0 aliphatic rings. The summed E-state index contributed by atoms with van der Waals surface area (Å²) < 4.78 is 31.8. The lowest BCUT2D eigenvalue weighted by atomic mass is 10.1. The summed E-state index contributed by atoms with van der Waals surface area (Å²) in [7, 11) is -0.824. The van der Waals surface area contributed by atoms with E-state index in [-0.39, 0.29) is 22.6 Å². The first-order valence-electron chi connectivity index (χ1n) is 5.28. The van der Waals surface area contributed by atoms with E-state index >= 15 is 0 Å². The van der Waals surface area contributed by atoms with Crippen LogP contribution in [0.3, 0.4) is 0 Å². The number of aromatic carboxylic acids is 1. The SMILES string of the molecule is COc1ccc(C=NNS(C)(=O)=O)c(C(=O)O)c1OC. The van der Waals surface area contributed by atoms with Crippen molar-refractivity contribution in [2.75, 3.05) is 20.5 Å². The number of sulfonamides is 1. The minimum Gasteiger partial charge on any atom is -0.493 e. The molecule has 0 saturated carbocycles. The molecule has 110 valence electrons. The zero-order chi connectivity index (χ0) is 15.3. The largest absolute Gasteiger partial charge is 0.493 e. The summed E-state index contributed by atoms with van der Waals surface area (Å²) in [4.78, 5) is 13.2. The van der Waals surface area contributed by atoms with Gasteiger partial charge >= 0.3 is 5.97 Å². The molecule has 0 heterocycles. The zero-order valence-corrected chi connectivity index (χ0v) is 11.9. The first-order chi connectivity index (χ1) is 9.30. The summed E-state index contributed by atoms with van der Waals surface area (Å²) in [6, 6.07) is 2.92. The van der Waals surface area contributed by atoms with E-state index in [0.717, 1.165) is 12.5 Å². The van der Waals surface area contributed by atoms with Gasteiger partial charge in [0.25, 0.3) is 0 Å². The van der Waals surface area contributed by atoms with Gasteiger partial charge in [-0.2, -0.15) is 5.10 Å². The number of rotatable bonds is 6. The second-order valence-corrected chi connectivity index (χ2v) is 5.42. The van der Waals surface area contributed by atoms with Gasteiger partial charge in [-0.25, -0.2) is 18.0 Å². The Hall–Kier alpha value is -2.29. The molecule has 1 aromatic carbocycles. The molecule has 9 heteroatoms. The molecule has 0 fully saturated rings. The summed E-state index contributed by atoms with van der Waals surface area (Å²) in [6.07, 6.45) is 2.00. The Bertz CT molecular complexity index is 639. The highest BCUT2D eigenvalue weighted by molar-refractivity contribution is 7.88. The number of ether oxygens (including phenoxy) is 2. The number of carbonyl (C=O) groups is 1. The molecule has 0 amide bonds. The number of hydrazone groups is 1. The van der Waals surface area contributed by atoms with Gasteiger partial charge in [-0.3, -0.25) is 0 Å². The van der Waals surface area contributed by atoms with Gasteiger partial charge in [0.2, 0.25) is 10.0 Å². The molecule has 0 aliphatic carbocycles. The first kappa shape index (κ1) is 15.8. The Morgan fingerprint density at radius 2 is 2.00 bits per heavy atom. The van der Waals surface area contributed by atoms with Crippen LogP contribution in [0.5, 0.6) is 11.5 Å². The van der Waals surface area contributed by atoms with Crippen LogP contribution in [0.25, 0.3) is 0 Å². The monoisotopic (exact) mass is 302 g/mol. The summed E-state index contributed by atoms with van der Waals surface area (Å²) in [5.41, 5.74) is -0.00259. The van der Waals surface area contributed by atoms with Crippen molar-refractivity contribution in [3.8, 4) is 11.5 Å². The molecule has 0 spiro atoms. The molecule has 0 aliphatic heterocycles. The molecule has 2 N–H and O–H groups in total. The van der Waals surface area contributed by atoms with Gasteiger partial charge in [0.05, 0.1) is 26.7 Å². The number of nitrogens with zero attached hydrogens (tertiary/aromatic N) is 1. The fourth-order valence-electron chi connectivity index (χ4n) is 1.46. The van der Waals surface area contributed by atoms with Crippen LogP contribution in [0, 0.1) is 0 Å². The number of hydrogen-bond donors (Lipinski definition) is 2. The molecule has 20 heavy (non-hydrogen) atoms. The van der Waals surface area contributed by atoms with Gasteiger partial charge in [0.15, 0.2) is 11.5 Å². The van der Waals surface area contributed by atoms with E-state index < -0.39 is 16.0 Å². The van der Waals surface area contributed by atoms with Gasteiger partial charge in [-0.1, -0.05) is 0 Å². The molecule has 0 bridgehead atoms. The molecule has 0 atom stereocenters. The van der Waals surface area contributed by atoms with Gasteiger partial charge < -0.3 is 14.6 Å². The highest BCUT2D eigenvalue weighted by Crippen LogP contribution is 2.32. The normalized spacial score (nSPS) is 11.3. The number of carboxylic acid groups (broad SMARTS) is 1. The topological polar surface area (TPSA) is 114 Å². The predicted octanol–water partition coefficient (Wildman–Crippen LogP) is 0.285. The van der Waals surface area contributed by atoms with Crippen molar-refractivity contribution < 1.29 is 27.8 Å². The third-order valence-corrected chi connectivity index (χ3v) is 2.65. The minimum atomic E-state index is -3.51. The molecular formula is C11H14N2O6S. The van der Waals surface area contributed by atoms with Gasteiger partial charge in [0, 0.05) is 5.56 Å². The van der Waals surface area contributed by atoms with Crippen LogP contribution < -0.4 is 14.3 Å². The molecule has 0 aromatic heterocycles. The fraction of sp³-hybridized carbons (Fsp3) is 0.273. The summed E-state index contributed by atoms with van der Waals surface area (Å²) in [6.45, 7) is 0. The highest BCUT2D eigenvalue weighted by Gasteiger charge is 2.20. The van der Waals surface area contributed by atoms with Crippen LogP contribution in [-0.2, 0) is 10.0 Å². The van der Waals surface area contributed by atoms with Crippen molar-refractivity contribution in [2.45, 2.75) is 0 Å². The van der Waals surface area contributed by atoms with E-state index in [1.807, 2.05) is 4.83 Å². The van der Waals surface area contributed by atoms with E-state index in [1.54, 1.807) is 0 Å². The van der Waals surface area contributed by atoms with Gasteiger partial charge in [-0.05, 0) is 12.1 Å². The lowest BCUT2D eigenvalue weighted by molar-refractivity contribution is 0.0692. The molecule has 0 radical (unpaired) electrons. The standard InChI is InChI=1S/C11H14N2O6S/c1-18-8-5-4-7(6-12-13-20(3,16)17)9(11(14)15)10(8)19-2/h4-6,13H,1-3H3,(H,14,15). The molecule has 0 unspecified atom stereocenters. The summed E-state index contributed by atoms with van der Waals surface area (Å²) in [5.74, 6) is -0.969. The predicted molar refractivity (Wildman–Crippen MR) is 72.1 cm³/mol. The first-order valence-corrected chi connectivity index (χ1v) is 7.17. The smallest absolute Gasteiger partial charge is 0.340 e. The molecule has 0 saturated heterocycles. The maximum Gasteiger partial charge on any atom is 0.340 e. The third-order valence-electron chi connectivity index (χ3n) is 2.21. The Morgan fingerprint density at radius 3 is 2.45 bits per heavy atom. The average Bonchev–Trinajstić information content (AvgIpc) is 2.35. The van der Waals surface area contributed by atoms with E-state index in [2.05, 4.69) is 5.10 Å². The van der Waals surface area contributed by atoms with Crippen molar-refractivity contribution in [1.82, 2.24) is 4.83 Å². The quantitative estimate of drug-likeness (QED) is 0.576. The van der Waals surface area contributed by atoms with E-state index in [4.69, 9.17) is 9.47 Å². The molecular weight excluding hydrogens is 288 g/mol. The summed E-state index contributed by atoms with van der Waals surface area (Å²) >= 11 is 0. The number of hydrogen-bond acceptors (Lipinski definition) is 6. The number of benzene rings is 1. The van der Waals surface area contributed by atoms with Crippen molar-refractivity contribution in [2.24, 2.45) is 5.10 Å². The van der Waals surface area contributed by atoms with Crippen LogP contribution in [0.4, 0.5) is 0 Å². The van der Waals surface area contributed by atoms with Crippen molar-refractivity contribution in [3.05, 3.63) is 23.3 Å². The Balaban J connectivity index is 3.30. The van der Waals surface area contributed by atoms with Crippen LogP contribution in [0.2, 0.25) is 0 Å². The number of nitrogens with one attached hydrogen (secondary N) is 1. The van der Waals surface area contributed by atoms with Crippen LogP contribution >= 0.6 is 0 Å². The Morgan fingerprint density at radius 1 is 1.35 bits per heavy atom. The van der Waals surface area contributed by atoms with Crippen molar-refractivity contribution >= 4 is 22.2 Å². The van der Waals surface area contributed by atoms with Crippen molar-refractivity contribution in [1.29, 1.82) is 0 Å². The van der Waals surface area contributed by atoms with Crippen LogP contribution in [-0.4, -0.2) is 46.2 Å². The Kier molecular flexibility index (Phi) is 4.92. The lowest BCUT2D eigenvalue weighted by Crippen LogP contribution is -2.16. The van der Waals surface area contributed by atoms with Crippen LogP contribution in [0.1, 0.15) is 15.9 Å². The number of carboxylic acids is 1. The maximum atomic E-state index is 11.3. The summed E-state index contributed by atoms with van der Waals surface area (Å²) in [5, 5.41) is 12.7. The molecule has 8 nitrogen and oxygen atoms in total. The molecule has 1 aromatic rings. The van der Waals surface area contributed by atoms with E-state index in [9.17, 15) is 18.3 Å². The third kappa shape index (κ3) is 3.85. The lowest BCUT2D eigenvalue weighted by Gasteiger charge is -2.12. The second-order valence-electron chi connectivity index (χ2n) is 3.69. The zero-order valence-electron chi connectivity index (χ0n) is 11.1. The molecule has 1 rings (SSSR count). The minimum absolute atomic E-state index is 0.0308. The fourth-order valence-corrected chi connectivity index (χ4v) is 1.71. The van der Waals surface area contributed by atoms with Crippen molar-refractivity contribution in [3.63, 3.8) is 0 Å². The van der Waals surface area contributed by atoms with Gasteiger partial charge in [0.1, 0.15) is 5.56 Å². The maximum absolute atomic E-state index is 11.3. The highest BCUT2D eigenvalue weighted by atomic mass is 32.2. The van der Waals surface area contributed by atoms with E-state index in [1.165, 1.54) is 26.4 Å². The average molecular weight is 302 g/mol. The Labute approximate surface area is 116 Å². The van der Waals surface area contributed by atoms with Gasteiger partial charge in [-0.15, -0.1) is 0 Å². The number of methoxy groups -OCH3 is 2. The van der Waals surface area contributed by atoms with Crippen LogP contribution in [0.15, 0.2) is 17.2 Å². The van der Waals surface area contributed by atoms with E-state index in [0.29, 0.717) is 0 Å². The second kappa shape index (κ2) is 6.24.